The number of hydrogen-bond acceptors (Lipinski definition) is 3. The minimum Gasteiger partial charge on any atom is -0.355 e. The molecule has 0 aromatic carbocycles. The van der Waals surface area contributed by atoms with E-state index in [0.717, 1.165) is 34.2 Å². The summed E-state index contributed by atoms with van der Waals surface area (Å²) in [5.74, 6) is 0. The summed E-state index contributed by atoms with van der Waals surface area (Å²) >= 11 is 0. The highest BCUT2D eigenvalue weighted by molar-refractivity contribution is 5.60. The molecule has 3 nitrogen and oxygen atoms in total. The minimum atomic E-state index is 1.02. The Morgan fingerprint density at radius 2 is 0.941 bits per heavy atom. The third-order valence-electron chi connectivity index (χ3n) is 2.45. The van der Waals surface area contributed by atoms with E-state index < -0.39 is 0 Å². The molecule has 0 radical (unpaired) electrons. The maximum Gasteiger partial charge on any atom is 0.0420 e. The van der Waals surface area contributed by atoms with Gasteiger partial charge in [-0.3, -0.25) is 9.97 Å². The van der Waals surface area contributed by atoms with Crippen molar-refractivity contribution in [3.63, 3.8) is 0 Å². The Hall–Kier alpha value is -1.90. The lowest BCUT2D eigenvalue weighted by atomic mass is 10.2. The average Bonchev–Trinajstić information content (AvgIpc) is 2.13. The van der Waals surface area contributed by atoms with E-state index in [9.17, 15) is 0 Å². The second-order valence-electron chi connectivity index (χ2n) is 4.40. The van der Waals surface area contributed by atoms with Gasteiger partial charge in [0.2, 0.25) is 0 Å². The van der Waals surface area contributed by atoms with E-state index in [1.54, 1.807) is 0 Å². The van der Waals surface area contributed by atoms with Crippen molar-refractivity contribution >= 4 is 11.4 Å². The lowest BCUT2D eigenvalue weighted by Crippen LogP contribution is -1.96. The number of hydrogen-bond donors (Lipinski definition) is 1. The molecule has 88 valence electrons. The summed E-state index contributed by atoms with van der Waals surface area (Å²) in [4.78, 5) is 8.72. The number of nitrogens with one attached hydrogen (secondary N) is 1. The Labute approximate surface area is 102 Å². The van der Waals surface area contributed by atoms with Gasteiger partial charge < -0.3 is 5.32 Å². The fourth-order valence-corrected chi connectivity index (χ4v) is 1.98. The first-order chi connectivity index (χ1) is 8.02. The number of rotatable bonds is 2. The van der Waals surface area contributed by atoms with E-state index in [2.05, 4.69) is 15.3 Å². The van der Waals surface area contributed by atoms with E-state index >= 15 is 0 Å². The van der Waals surface area contributed by atoms with Crippen LogP contribution in [-0.4, -0.2) is 9.97 Å². The van der Waals surface area contributed by atoms with Crippen molar-refractivity contribution in [2.24, 2.45) is 0 Å². The van der Waals surface area contributed by atoms with Gasteiger partial charge in [-0.1, -0.05) is 0 Å². The van der Waals surface area contributed by atoms with Crippen LogP contribution in [0.15, 0.2) is 24.3 Å². The fourth-order valence-electron chi connectivity index (χ4n) is 1.98. The van der Waals surface area contributed by atoms with Gasteiger partial charge in [-0.05, 0) is 52.0 Å². The maximum atomic E-state index is 4.36. The van der Waals surface area contributed by atoms with Crippen molar-refractivity contribution in [1.82, 2.24) is 9.97 Å². The lowest BCUT2D eigenvalue weighted by Gasteiger charge is -2.09. The molecule has 2 heterocycles. The first-order valence-corrected chi connectivity index (χ1v) is 5.70. The smallest absolute Gasteiger partial charge is 0.0420 e. The van der Waals surface area contributed by atoms with Crippen molar-refractivity contribution in [2.75, 3.05) is 5.32 Å². The van der Waals surface area contributed by atoms with Crippen LogP contribution in [0.2, 0.25) is 0 Å². The molecule has 3 heteroatoms. The number of aryl methyl sites for hydroxylation is 4. The van der Waals surface area contributed by atoms with Crippen LogP contribution < -0.4 is 5.32 Å². The van der Waals surface area contributed by atoms with Crippen LogP contribution in [0.1, 0.15) is 22.8 Å². The Morgan fingerprint density at radius 3 is 1.24 bits per heavy atom. The van der Waals surface area contributed by atoms with Crippen LogP contribution in [-0.2, 0) is 0 Å². The lowest BCUT2D eigenvalue weighted by molar-refractivity contribution is 1.11. The van der Waals surface area contributed by atoms with Crippen molar-refractivity contribution in [2.45, 2.75) is 27.7 Å². The molecule has 0 unspecified atom stereocenters. The molecule has 0 fully saturated rings. The van der Waals surface area contributed by atoms with Gasteiger partial charge in [0.1, 0.15) is 0 Å². The van der Waals surface area contributed by atoms with Crippen LogP contribution in [0.4, 0.5) is 11.4 Å². The highest BCUT2D eigenvalue weighted by atomic mass is 14.9. The average molecular weight is 227 g/mol. The fraction of sp³-hybridized carbons (Fsp3) is 0.286. The van der Waals surface area contributed by atoms with E-state index in [0.29, 0.717) is 0 Å². The third-order valence-corrected chi connectivity index (χ3v) is 2.45. The molecule has 0 aliphatic heterocycles. The second-order valence-corrected chi connectivity index (χ2v) is 4.40. The monoisotopic (exact) mass is 227 g/mol. The van der Waals surface area contributed by atoms with Crippen LogP contribution in [0.25, 0.3) is 0 Å². The molecule has 0 atom stereocenters. The van der Waals surface area contributed by atoms with Crippen molar-refractivity contribution in [3.05, 3.63) is 47.0 Å². The number of anilines is 2. The summed E-state index contributed by atoms with van der Waals surface area (Å²) in [6.07, 6.45) is 0. The number of aromatic nitrogens is 2. The topological polar surface area (TPSA) is 37.8 Å². The summed E-state index contributed by atoms with van der Waals surface area (Å²) < 4.78 is 0. The summed E-state index contributed by atoms with van der Waals surface area (Å²) in [5.41, 5.74) is 6.23. The van der Waals surface area contributed by atoms with Crippen LogP contribution in [0, 0.1) is 27.7 Å². The van der Waals surface area contributed by atoms with Gasteiger partial charge in [-0.2, -0.15) is 0 Å². The Morgan fingerprint density at radius 1 is 0.647 bits per heavy atom. The summed E-state index contributed by atoms with van der Waals surface area (Å²) in [6, 6.07) is 8.16. The molecule has 0 saturated heterocycles. The second kappa shape index (κ2) is 4.53. The van der Waals surface area contributed by atoms with Gasteiger partial charge in [0, 0.05) is 34.2 Å². The van der Waals surface area contributed by atoms with Gasteiger partial charge in [0.25, 0.3) is 0 Å². The predicted molar refractivity (Wildman–Crippen MR) is 70.7 cm³/mol. The van der Waals surface area contributed by atoms with Crippen LogP contribution in [0.5, 0.6) is 0 Å². The minimum absolute atomic E-state index is 1.02. The molecular weight excluding hydrogens is 210 g/mol. The van der Waals surface area contributed by atoms with Gasteiger partial charge in [-0.25, -0.2) is 0 Å². The first kappa shape index (κ1) is 11.6. The molecule has 1 N–H and O–H groups in total. The zero-order valence-corrected chi connectivity index (χ0v) is 10.7. The molecule has 2 aromatic rings. The van der Waals surface area contributed by atoms with Crippen molar-refractivity contribution in [3.8, 4) is 0 Å². The normalized spacial score (nSPS) is 10.4. The molecule has 0 aliphatic carbocycles. The predicted octanol–water partition coefficient (Wildman–Crippen LogP) is 3.45. The molecule has 17 heavy (non-hydrogen) atoms. The first-order valence-electron chi connectivity index (χ1n) is 5.70. The van der Waals surface area contributed by atoms with E-state index in [1.165, 1.54) is 0 Å². The molecule has 0 spiro atoms. The van der Waals surface area contributed by atoms with Crippen LogP contribution >= 0.6 is 0 Å². The maximum absolute atomic E-state index is 4.36. The quantitative estimate of drug-likeness (QED) is 0.853. The Balaban J connectivity index is 2.31. The molecular formula is C14H17N3. The van der Waals surface area contributed by atoms with Gasteiger partial charge in [-0.15, -0.1) is 0 Å². The van der Waals surface area contributed by atoms with Gasteiger partial charge in [0.15, 0.2) is 0 Å². The zero-order valence-electron chi connectivity index (χ0n) is 10.7. The highest BCUT2D eigenvalue weighted by Gasteiger charge is 2.00. The third kappa shape index (κ3) is 3.03. The van der Waals surface area contributed by atoms with E-state index in [4.69, 9.17) is 0 Å². The summed E-state index contributed by atoms with van der Waals surface area (Å²) in [6.45, 7) is 8.00. The molecule has 0 amide bonds. The number of pyridine rings is 2. The molecule has 0 aliphatic rings. The van der Waals surface area contributed by atoms with Gasteiger partial charge in [0.05, 0.1) is 0 Å². The van der Waals surface area contributed by atoms with E-state index in [-0.39, 0.29) is 0 Å². The van der Waals surface area contributed by atoms with Gasteiger partial charge >= 0.3 is 0 Å². The summed E-state index contributed by atoms with van der Waals surface area (Å²) in [5, 5.41) is 3.39. The standard InChI is InChI=1S/C14H17N3/c1-9-5-13(6-10(2)15-9)17-14-7-11(3)16-12(4)8-14/h5-8H,1-4H3,(H,15,16,17). The van der Waals surface area contributed by atoms with E-state index in [1.807, 2.05) is 52.0 Å². The molecule has 2 aromatic heterocycles. The SMILES string of the molecule is Cc1cc(Nc2cc(C)nc(C)c2)cc(C)n1. The van der Waals surface area contributed by atoms with Crippen LogP contribution in [0.3, 0.4) is 0 Å². The van der Waals surface area contributed by atoms with Crippen molar-refractivity contribution < 1.29 is 0 Å². The Kier molecular flexibility index (Phi) is 3.09. The molecule has 0 bridgehead atoms. The van der Waals surface area contributed by atoms with Crippen molar-refractivity contribution in [1.29, 1.82) is 0 Å². The molecule has 2 rings (SSSR count). The number of nitrogens with zero attached hydrogens (tertiary/aromatic N) is 2. The zero-order chi connectivity index (χ0) is 12.4. The Bertz CT molecular complexity index is 457. The highest BCUT2D eigenvalue weighted by Crippen LogP contribution is 2.19. The largest absolute Gasteiger partial charge is 0.355 e. The summed E-state index contributed by atoms with van der Waals surface area (Å²) in [7, 11) is 0. The molecule has 0 saturated carbocycles.